The third-order valence-electron chi connectivity index (χ3n) is 12.4. The Kier molecular flexibility index (Phi) is 19.7. The number of aliphatic hydroxyl groups is 2. The molecule has 2 aromatic carbocycles. The molecule has 4 aliphatic rings. The van der Waals surface area contributed by atoms with E-state index in [-0.39, 0.29) is 57.2 Å². The molecule has 0 saturated carbocycles. The van der Waals surface area contributed by atoms with Crippen LogP contribution in [0.5, 0.6) is 12.0 Å². The second-order valence-corrected chi connectivity index (χ2v) is 35.6. The number of fused-ring (bicyclic) bond motifs is 4. The van der Waals surface area contributed by atoms with Crippen LogP contribution in [0.4, 0.5) is 0 Å². The normalized spacial score (nSPS) is 23.3. The van der Waals surface area contributed by atoms with E-state index in [1.165, 1.54) is 0 Å². The highest BCUT2D eigenvalue weighted by molar-refractivity contribution is 14.1. The zero-order valence-electron chi connectivity index (χ0n) is 41.7. The molecule has 4 N–H and O–H groups in total. The lowest BCUT2D eigenvalue weighted by molar-refractivity contribution is 0.00332. The first kappa shape index (κ1) is 57.8. The molecule has 8 heterocycles. The molecule has 26 heteroatoms. The minimum atomic E-state index is -1.37. The van der Waals surface area contributed by atoms with E-state index in [0.717, 1.165) is 26.6 Å². The summed E-state index contributed by atoms with van der Waals surface area (Å²) in [6.07, 6.45) is -3.43. The van der Waals surface area contributed by atoms with E-state index in [4.69, 9.17) is 76.1 Å². The zero-order valence-corrected chi connectivity index (χ0v) is 50.5. The van der Waals surface area contributed by atoms with Crippen LogP contribution in [0.15, 0.2) is 69.6 Å². The summed E-state index contributed by atoms with van der Waals surface area (Å²) in [5.41, 5.74) is 4.60. The molecule has 0 amide bonds. The Hall–Kier alpha value is -2.35. The molecule has 0 radical (unpaired) electrons. The van der Waals surface area contributed by atoms with Crippen molar-refractivity contribution in [2.45, 2.75) is 114 Å². The van der Waals surface area contributed by atoms with Gasteiger partial charge in [0.1, 0.15) is 64.8 Å². The number of ether oxygens (including phenoxy) is 8. The molecule has 0 bridgehead atoms. The molecule has 0 spiro atoms. The Labute approximate surface area is 472 Å². The molecule has 4 saturated heterocycles. The summed E-state index contributed by atoms with van der Waals surface area (Å²) in [6.45, 7) is 16.9. The van der Waals surface area contributed by atoms with E-state index in [2.05, 4.69) is 109 Å². The Morgan fingerprint density at radius 1 is 0.635 bits per heavy atom. The van der Waals surface area contributed by atoms with Crippen LogP contribution in [0.25, 0.3) is 33.6 Å². The average molecular weight is 1340 g/mol. The number of nitrogens with zero attached hydrogens (tertiary/aromatic N) is 6. The third kappa shape index (κ3) is 14.7. The van der Waals surface area contributed by atoms with Crippen molar-refractivity contribution < 1.29 is 58.2 Å². The largest absolute Gasteiger partial charge is 0.488 e. The molecule has 4 aliphatic heterocycles. The molecule has 8 atom stereocenters. The third-order valence-corrected chi connectivity index (χ3v) is 18.6. The SMILES string of the molecule is C[Si](C)(C)CCOCn1c(O[C@@H]2CO[C@H]3[C@@H]2OC[C@H]3O)nc2cc(Cl)c(-c3ccc(Br)cc3)nc21.C[Si](C)(C)CCOCn1c(O[C@@H]2CO[C@H]3[C@@H]2OC[C@H]3O)nc2cc(Cl)c(I)nc21.OB(O)c1ccc(Br)cc1. The van der Waals surface area contributed by atoms with E-state index in [9.17, 15) is 10.2 Å². The van der Waals surface area contributed by atoms with E-state index in [1.54, 1.807) is 36.4 Å². The van der Waals surface area contributed by atoms with Gasteiger partial charge in [0.15, 0.2) is 23.5 Å². The Balaban J connectivity index is 0.000000168. The number of hydrogen-bond donors (Lipinski definition) is 4. The van der Waals surface area contributed by atoms with Crippen LogP contribution >= 0.6 is 77.7 Å². The fourth-order valence-electron chi connectivity index (χ4n) is 8.27. The number of imidazole rings is 2. The van der Waals surface area contributed by atoms with Gasteiger partial charge in [-0.15, -0.1) is 0 Å². The van der Waals surface area contributed by atoms with Crippen LogP contribution in [-0.2, 0) is 41.9 Å². The lowest BCUT2D eigenvalue weighted by Gasteiger charge is -2.19. The first-order valence-corrected chi connectivity index (χ1v) is 34.9. The average Bonchev–Trinajstić information content (AvgIpc) is 4.20. The topological polar surface area (TPSA) is 216 Å². The molecule has 74 heavy (non-hydrogen) atoms. The number of pyridine rings is 2. The first-order valence-electron chi connectivity index (χ1n) is 24.1. The van der Waals surface area contributed by atoms with Crippen LogP contribution < -0.4 is 14.9 Å². The number of rotatable bonds is 16. The Morgan fingerprint density at radius 2 is 1.07 bits per heavy atom. The highest BCUT2D eigenvalue weighted by Crippen LogP contribution is 2.36. The van der Waals surface area contributed by atoms with Crippen molar-refractivity contribution >= 4 is 129 Å². The molecular weight excluding hydrogens is 1280 g/mol. The first-order chi connectivity index (χ1) is 35.1. The fourth-order valence-corrected chi connectivity index (χ4v) is 11.1. The number of benzene rings is 2. The van der Waals surface area contributed by atoms with Crippen molar-refractivity contribution in [3.63, 3.8) is 0 Å². The van der Waals surface area contributed by atoms with Gasteiger partial charge < -0.3 is 58.2 Å². The Morgan fingerprint density at radius 3 is 1.53 bits per heavy atom. The molecule has 4 aromatic heterocycles. The lowest BCUT2D eigenvalue weighted by Crippen LogP contribution is -2.35. The quantitative estimate of drug-likeness (QED) is 0.0315. The molecule has 0 unspecified atom stereocenters. The summed E-state index contributed by atoms with van der Waals surface area (Å²) in [5, 5.41) is 38.4. The van der Waals surface area contributed by atoms with Gasteiger partial charge in [0.05, 0.1) is 42.2 Å². The van der Waals surface area contributed by atoms with Gasteiger partial charge in [0.2, 0.25) is 0 Å². The molecule has 400 valence electrons. The van der Waals surface area contributed by atoms with Crippen LogP contribution in [-0.4, -0.2) is 161 Å². The van der Waals surface area contributed by atoms with Crippen molar-refractivity contribution in [3.05, 3.63) is 83.4 Å². The smallest absolute Gasteiger partial charge is 0.456 e. The maximum absolute atomic E-state index is 10.1. The minimum Gasteiger partial charge on any atom is -0.456 e. The number of hydrogen-bond acceptors (Lipinski definition) is 16. The highest BCUT2D eigenvalue weighted by Gasteiger charge is 2.50. The van der Waals surface area contributed by atoms with Crippen molar-refractivity contribution in [3.8, 4) is 23.3 Å². The minimum absolute atomic E-state index is 0.235. The maximum atomic E-state index is 10.1. The van der Waals surface area contributed by atoms with Crippen molar-refractivity contribution in [1.82, 2.24) is 29.1 Å². The second-order valence-electron chi connectivity index (χ2n) is 20.7. The summed E-state index contributed by atoms with van der Waals surface area (Å²) in [7, 11) is -3.79. The second kappa shape index (κ2) is 25.2. The van der Waals surface area contributed by atoms with E-state index in [1.807, 2.05) is 33.4 Å². The van der Waals surface area contributed by atoms with Crippen molar-refractivity contribution in [2.75, 3.05) is 39.6 Å². The molecule has 18 nitrogen and oxygen atoms in total. The highest BCUT2D eigenvalue weighted by atomic mass is 127. The molecule has 4 fully saturated rings. The molecule has 10 rings (SSSR count). The van der Waals surface area contributed by atoms with Crippen LogP contribution in [0.2, 0.25) is 61.4 Å². The van der Waals surface area contributed by atoms with Gasteiger partial charge in [-0.2, -0.15) is 9.97 Å². The monoisotopic (exact) mass is 1330 g/mol. The summed E-state index contributed by atoms with van der Waals surface area (Å²) in [4.78, 5) is 18.7. The van der Waals surface area contributed by atoms with Crippen molar-refractivity contribution in [1.29, 1.82) is 0 Å². The van der Waals surface area contributed by atoms with Gasteiger partial charge in [0.25, 0.3) is 0 Å². The number of aromatic nitrogens is 6. The van der Waals surface area contributed by atoms with E-state index in [0.29, 0.717) is 85.7 Å². The van der Waals surface area contributed by atoms with Crippen LogP contribution in [0, 0.1) is 3.70 Å². The van der Waals surface area contributed by atoms with Gasteiger partial charge in [-0.3, -0.25) is 9.13 Å². The lowest BCUT2D eigenvalue weighted by atomic mass is 9.81. The summed E-state index contributed by atoms with van der Waals surface area (Å²) in [5.74, 6) is 0. The Bertz CT molecular complexity index is 2850. The summed E-state index contributed by atoms with van der Waals surface area (Å²) >= 11 is 21.6. The molecular formula is C48H60BBr2Cl2IN6O12Si2. The van der Waals surface area contributed by atoms with Crippen LogP contribution in [0.1, 0.15) is 0 Å². The number of aliphatic hydroxyl groups excluding tert-OH is 2. The van der Waals surface area contributed by atoms with E-state index < -0.39 is 41.6 Å². The van der Waals surface area contributed by atoms with Gasteiger partial charge in [-0.05, 0) is 76.5 Å². The van der Waals surface area contributed by atoms with Gasteiger partial charge in [-0.1, -0.05) is 119 Å². The fraction of sp³-hybridized carbons (Fsp3) is 0.500. The predicted octanol–water partition coefficient (Wildman–Crippen LogP) is 7.77. The van der Waals surface area contributed by atoms with Gasteiger partial charge in [-0.25, -0.2) is 9.97 Å². The van der Waals surface area contributed by atoms with Gasteiger partial charge >= 0.3 is 19.1 Å². The molecule has 6 aromatic rings. The predicted molar refractivity (Wildman–Crippen MR) is 303 cm³/mol. The number of halogens is 5. The zero-order chi connectivity index (χ0) is 53.1. The van der Waals surface area contributed by atoms with E-state index >= 15 is 0 Å². The molecule has 0 aliphatic carbocycles. The van der Waals surface area contributed by atoms with Crippen LogP contribution in [0.3, 0.4) is 0 Å². The summed E-state index contributed by atoms with van der Waals surface area (Å²) in [6, 6.07) is 21.1. The maximum Gasteiger partial charge on any atom is 0.488 e. The van der Waals surface area contributed by atoms with Crippen molar-refractivity contribution in [2.24, 2.45) is 0 Å². The standard InChI is InChI=1S/C24H29BrClN3O5Si.C18H25ClIN3O5Si.C6H6BBrO2/c1-35(2,3)9-8-31-13-29-23-17(10-16(26)20(28-23)14-4-6-15(25)7-5-14)27-24(29)34-19-12-33-21-18(30)11-32-22(19)21;1-29(2,3)5-4-25-9-23-17-11(6-10(19)16(20)22-17)21-18(23)28-13-8-27-14-12(24)7-26-15(13)14;8-6-3-1-5(2-4-6)7(9)10/h4-7,10,18-19,21-22,30H,8-9,11-13H2,1-3H3;6,12-15,24H,4-5,7-9H2,1-3H3;1-4,9-10H/t18-,19-,21-,22-;12-,13-,14-,15-;/m11./s1. The summed E-state index contributed by atoms with van der Waals surface area (Å²) < 4.78 is 53.5. The van der Waals surface area contributed by atoms with Gasteiger partial charge in [0, 0.05) is 43.9 Å².